The van der Waals surface area contributed by atoms with Crippen LogP contribution in [-0.4, -0.2) is 31.7 Å². The Morgan fingerprint density at radius 1 is 1.26 bits per heavy atom. The van der Waals surface area contributed by atoms with Crippen molar-refractivity contribution in [3.63, 3.8) is 0 Å². The van der Waals surface area contributed by atoms with Gasteiger partial charge in [-0.1, -0.05) is 0 Å². The number of pyridine rings is 1. The van der Waals surface area contributed by atoms with Gasteiger partial charge in [0.1, 0.15) is 11.6 Å². The molecule has 0 saturated heterocycles. The summed E-state index contributed by atoms with van der Waals surface area (Å²) in [6.07, 6.45) is 6.89. The zero-order chi connectivity index (χ0) is 18.8. The Morgan fingerprint density at radius 2 is 2.04 bits per heavy atom. The molecule has 0 unspecified atom stereocenters. The molecule has 1 fully saturated rings. The third kappa shape index (κ3) is 3.92. The van der Waals surface area contributed by atoms with Gasteiger partial charge in [-0.05, 0) is 31.0 Å². The van der Waals surface area contributed by atoms with Crippen molar-refractivity contribution in [2.24, 2.45) is 0 Å². The second-order valence-electron chi connectivity index (χ2n) is 6.10. The van der Waals surface area contributed by atoms with Crippen LogP contribution in [0.25, 0.3) is 5.69 Å². The number of carbonyl (C=O) groups is 1. The van der Waals surface area contributed by atoms with Crippen LogP contribution < -0.4 is 10.1 Å². The van der Waals surface area contributed by atoms with Gasteiger partial charge in [-0.25, -0.2) is 9.67 Å². The first-order valence-electron chi connectivity index (χ1n) is 8.32. The summed E-state index contributed by atoms with van der Waals surface area (Å²) in [4.78, 5) is 26.8. The fraction of sp³-hybridized carbons (Fsp3) is 0.167. The maximum absolute atomic E-state index is 12.4. The van der Waals surface area contributed by atoms with Gasteiger partial charge < -0.3 is 10.1 Å². The quantitative estimate of drug-likeness (QED) is 0.531. The molecule has 1 saturated carbocycles. The predicted molar refractivity (Wildman–Crippen MR) is 96.1 cm³/mol. The van der Waals surface area contributed by atoms with E-state index in [9.17, 15) is 14.9 Å². The second kappa shape index (κ2) is 6.87. The molecule has 3 aromatic rings. The number of anilines is 1. The molecular weight excluding hydrogens is 350 g/mol. The predicted octanol–water partition coefficient (Wildman–Crippen LogP) is 2.97. The molecule has 9 heteroatoms. The molecule has 1 amide bonds. The third-order valence-electron chi connectivity index (χ3n) is 3.97. The molecule has 27 heavy (non-hydrogen) atoms. The van der Waals surface area contributed by atoms with E-state index >= 15 is 0 Å². The minimum absolute atomic E-state index is 0.0109. The van der Waals surface area contributed by atoms with Gasteiger partial charge in [0.2, 0.25) is 0 Å². The number of carbonyl (C=O) groups excluding carboxylic acids is 1. The lowest BCUT2D eigenvalue weighted by atomic mass is 10.3. The lowest BCUT2D eigenvalue weighted by molar-refractivity contribution is -0.384. The first-order chi connectivity index (χ1) is 13.1. The second-order valence-corrected chi connectivity index (χ2v) is 6.10. The fourth-order valence-corrected chi connectivity index (χ4v) is 2.43. The summed E-state index contributed by atoms with van der Waals surface area (Å²) in [5, 5.41) is 17.6. The maximum Gasteiger partial charge on any atom is 0.269 e. The number of rotatable bonds is 6. The number of ether oxygens (including phenoxy) is 1. The number of hydrogen-bond acceptors (Lipinski definition) is 6. The Morgan fingerprint density at radius 3 is 2.74 bits per heavy atom. The highest BCUT2D eigenvalue weighted by Gasteiger charge is 2.23. The average Bonchev–Trinajstić information content (AvgIpc) is 3.33. The fourth-order valence-electron chi connectivity index (χ4n) is 2.43. The van der Waals surface area contributed by atoms with Crippen LogP contribution in [0.4, 0.5) is 11.5 Å². The van der Waals surface area contributed by atoms with Crippen molar-refractivity contribution in [2.45, 2.75) is 18.9 Å². The summed E-state index contributed by atoms with van der Waals surface area (Å²) in [5.41, 5.74) is 0.935. The molecule has 0 radical (unpaired) electrons. The average molecular weight is 365 g/mol. The van der Waals surface area contributed by atoms with Gasteiger partial charge in [0, 0.05) is 30.6 Å². The highest BCUT2D eigenvalue weighted by molar-refractivity contribution is 6.03. The number of nitro groups is 1. The molecule has 2 heterocycles. The van der Waals surface area contributed by atoms with E-state index in [-0.39, 0.29) is 17.7 Å². The number of hydrogen-bond donors (Lipinski definition) is 1. The van der Waals surface area contributed by atoms with Crippen LogP contribution in [0.5, 0.6) is 5.75 Å². The van der Waals surface area contributed by atoms with E-state index < -0.39 is 4.92 Å². The van der Waals surface area contributed by atoms with E-state index in [0.717, 1.165) is 12.8 Å². The van der Waals surface area contributed by atoms with E-state index in [1.807, 2.05) is 0 Å². The van der Waals surface area contributed by atoms with Crippen molar-refractivity contribution >= 4 is 17.4 Å². The van der Waals surface area contributed by atoms with Crippen molar-refractivity contribution in [2.75, 3.05) is 5.32 Å². The first-order valence-corrected chi connectivity index (χ1v) is 8.32. The Bertz CT molecular complexity index is 995. The molecule has 0 atom stereocenters. The van der Waals surface area contributed by atoms with E-state index in [1.165, 1.54) is 23.0 Å². The number of benzene rings is 1. The number of amides is 1. The van der Waals surface area contributed by atoms with Gasteiger partial charge in [-0.3, -0.25) is 14.9 Å². The van der Waals surface area contributed by atoms with Crippen LogP contribution in [0.1, 0.15) is 23.2 Å². The molecule has 2 aromatic heterocycles. The molecule has 136 valence electrons. The number of nitrogens with zero attached hydrogens (tertiary/aromatic N) is 4. The Labute approximate surface area is 153 Å². The highest BCUT2D eigenvalue weighted by Crippen LogP contribution is 2.27. The largest absolute Gasteiger partial charge is 0.490 e. The van der Waals surface area contributed by atoms with Gasteiger partial charge >= 0.3 is 0 Å². The van der Waals surface area contributed by atoms with Gasteiger partial charge in [0.15, 0.2) is 0 Å². The smallest absolute Gasteiger partial charge is 0.269 e. The molecule has 4 rings (SSSR count). The third-order valence-corrected chi connectivity index (χ3v) is 3.97. The topological polar surface area (TPSA) is 112 Å². The summed E-state index contributed by atoms with van der Waals surface area (Å²) >= 11 is 0. The van der Waals surface area contributed by atoms with Crippen LogP contribution in [-0.2, 0) is 0 Å². The summed E-state index contributed by atoms with van der Waals surface area (Å²) in [5.74, 6) is 0.699. The van der Waals surface area contributed by atoms with E-state index in [2.05, 4.69) is 15.4 Å². The monoisotopic (exact) mass is 365 g/mol. The summed E-state index contributed by atoms with van der Waals surface area (Å²) in [6.45, 7) is 0. The van der Waals surface area contributed by atoms with Crippen molar-refractivity contribution in [1.82, 2.24) is 14.8 Å². The zero-order valence-electron chi connectivity index (χ0n) is 14.1. The van der Waals surface area contributed by atoms with Crippen molar-refractivity contribution < 1.29 is 14.5 Å². The molecular formula is C18H15N5O4. The highest BCUT2D eigenvalue weighted by atomic mass is 16.6. The Kier molecular flexibility index (Phi) is 4.25. The molecule has 1 aliphatic rings. The van der Waals surface area contributed by atoms with Crippen molar-refractivity contribution in [3.8, 4) is 11.4 Å². The van der Waals surface area contributed by atoms with Crippen molar-refractivity contribution in [1.29, 1.82) is 0 Å². The molecule has 0 spiro atoms. The molecule has 1 aliphatic carbocycles. The van der Waals surface area contributed by atoms with Gasteiger partial charge in [0.05, 0.1) is 28.5 Å². The van der Waals surface area contributed by atoms with Gasteiger partial charge in [-0.2, -0.15) is 5.10 Å². The summed E-state index contributed by atoms with van der Waals surface area (Å²) < 4.78 is 7.16. The van der Waals surface area contributed by atoms with E-state index in [0.29, 0.717) is 22.8 Å². The van der Waals surface area contributed by atoms with E-state index in [1.54, 1.807) is 36.7 Å². The normalized spacial score (nSPS) is 13.2. The van der Waals surface area contributed by atoms with Crippen molar-refractivity contribution in [3.05, 3.63) is 70.7 Å². The molecule has 0 bridgehead atoms. The molecule has 9 nitrogen and oxygen atoms in total. The number of non-ortho nitro benzene ring substituents is 1. The van der Waals surface area contributed by atoms with Gasteiger partial charge in [0.25, 0.3) is 11.6 Å². The zero-order valence-corrected chi connectivity index (χ0v) is 14.1. The van der Waals surface area contributed by atoms with Crippen LogP contribution in [0.3, 0.4) is 0 Å². The van der Waals surface area contributed by atoms with Crippen LogP contribution >= 0.6 is 0 Å². The lowest BCUT2D eigenvalue weighted by Crippen LogP contribution is -2.12. The summed E-state index contributed by atoms with van der Waals surface area (Å²) in [7, 11) is 0. The SMILES string of the molecule is O=C(Nc1cc(OC2CC2)ccn1)c1cnn(-c2ccc([N+](=O)[O-])cc2)c1. The number of aromatic nitrogens is 3. The molecule has 0 aliphatic heterocycles. The van der Waals surface area contributed by atoms with E-state index in [4.69, 9.17) is 4.74 Å². The van der Waals surface area contributed by atoms with Gasteiger partial charge in [-0.15, -0.1) is 0 Å². The Balaban J connectivity index is 1.46. The van der Waals surface area contributed by atoms with Crippen LogP contribution in [0.15, 0.2) is 55.0 Å². The minimum atomic E-state index is -0.472. The molecule has 1 aromatic carbocycles. The maximum atomic E-state index is 12.4. The number of nitrogens with one attached hydrogen (secondary N) is 1. The van der Waals surface area contributed by atoms with Crippen LogP contribution in [0.2, 0.25) is 0 Å². The first kappa shape index (κ1) is 16.7. The Hall–Kier alpha value is -3.75. The standard InChI is InChI=1S/C18H15N5O4/c24-18(21-17-9-16(7-8-19-17)27-15-5-6-15)12-10-20-22(11-12)13-1-3-14(4-2-13)23(25)26/h1-4,7-11,15H,5-6H2,(H,19,21,24). The summed E-state index contributed by atoms with van der Waals surface area (Å²) in [6, 6.07) is 9.32. The molecule has 1 N–H and O–H groups in total. The van der Waals surface area contributed by atoms with Crippen LogP contribution in [0, 0.1) is 10.1 Å². The lowest BCUT2D eigenvalue weighted by Gasteiger charge is -2.07. The minimum Gasteiger partial charge on any atom is -0.490 e. The number of nitro benzene ring substituents is 1.